The van der Waals surface area contributed by atoms with Gasteiger partial charge in [0.15, 0.2) is 0 Å². The summed E-state index contributed by atoms with van der Waals surface area (Å²) < 4.78 is 5.12. The number of hydrogen-bond acceptors (Lipinski definition) is 4. The summed E-state index contributed by atoms with van der Waals surface area (Å²) in [6, 6.07) is 0.0814. The number of piperazine rings is 1. The number of fused-ring (bicyclic) bond motifs is 1. The van der Waals surface area contributed by atoms with Gasteiger partial charge in [-0.2, -0.15) is 0 Å². The van der Waals surface area contributed by atoms with Gasteiger partial charge in [0, 0.05) is 39.8 Å². The Balaban J connectivity index is 1.87. The molecule has 0 saturated carbocycles. The predicted octanol–water partition coefficient (Wildman–Crippen LogP) is -1.41. The first kappa shape index (κ1) is 13.1. The molecule has 102 valence electrons. The molecule has 0 spiro atoms. The van der Waals surface area contributed by atoms with E-state index in [1.165, 1.54) is 0 Å². The van der Waals surface area contributed by atoms with Crippen LogP contribution in [0.25, 0.3) is 0 Å². The van der Waals surface area contributed by atoms with E-state index in [2.05, 4.69) is 5.32 Å². The molecule has 0 aliphatic carbocycles. The van der Waals surface area contributed by atoms with Gasteiger partial charge in [0.05, 0.1) is 18.6 Å². The first-order chi connectivity index (χ1) is 8.65. The third-order valence-corrected chi connectivity index (χ3v) is 3.58. The van der Waals surface area contributed by atoms with Crippen molar-refractivity contribution in [1.29, 1.82) is 0 Å². The summed E-state index contributed by atoms with van der Waals surface area (Å²) in [6.07, 6.45) is 0.0834. The van der Waals surface area contributed by atoms with Gasteiger partial charge >= 0.3 is 6.03 Å². The van der Waals surface area contributed by atoms with Crippen molar-refractivity contribution in [3.05, 3.63) is 0 Å². The van der Waals surface area contributed by atoms with Gasteiger partial charge in [0.1, 0.15) is 0 Å². The zero-order chi connectivity index (χ0) is 13.1. The van der Waals surface area contributed by atoms with E-state index < -0.39 is 0 Å². The van der Waals surface area contributed by atoms with Crippen LogP contribution in [0.2, 0.25) is 0 Å². The van der Waals surface area contributed by atoms with Crippen LogP contribution in [-0.4, -0.2) is 73.7 Å². The highest BCUT2D eigenvalue weighted by atomic mass is 16.5. The number of nitrogens with two attached hydrogens (primary N) is 1. The molecule has 0 aromatic carbocycles. The number of urea groups is 1. The highest BCUT2D eigenvalue weighted by Gasteiger charge is 2.36. The predicted molar refractivity (Wildman–Crippen MR) is 64.9 cm³/mol. The molecule has 7 nitrogen and oxygen atoms in total. The lowest BCUT2D eigenvalue weighted by Gasteiger charge is -2.36. The number of rotatable bonds is 4. The first-order valence-corrected chi connectivity index (χ1v) is 6.20. The summed E-state index contributed by atoms with van der Waals surface area (Å²) in [5.41, 5.74) is 5.51. The maximum Gasteiger partial charge on any atom is 0.317 e. The molecule has 7 heteroatoms. The quantitative estimate of drug-likeness (QED) is 0.646. The summed E-state index contributed by atoms with van der Waals surface area (Å²) in [7, 11) is 1.56. The number of carbonyl (C=O) groups is 2. The first-order valence-electron chi connectivity index (χ1n) is 6.20. The summed E-state index contributed by atoms with van der Waals surface area (Å²) >= 11 is 0. The molecular formula is C11H20N4O3. The lowest BCUT2D eigenvalue weighted by atomic mass is 10.1. The van der Waals surface area contributed by atoms with Crippen molar-refractivity contribution in [3.63, 3.8) is 0 Å². The van der Waals surface area contributed by atoms with E-state index in [1.54, 1.807) is 16.9 Å². The Bertz CT molecular complexity index is 332. The topological polar surface area (TPSA) is 87.9 Å². The number of nitrogens with zero attached hydrogens (tertiary/aromatic N) is 2. The van der Waals surface area contributed by atoms with Crippen LogP contribution in [0.4, 0.5) is 4.79 Å². The lowest BCUT2D eigenvalue weighted by Crippen LogP contribution is -2.54. The van der Waals surface area contributed by atoms with Crippen LogP contribution in [0.1, 0.15) is 6.42 Å². The Labute approximate surface area is 106 Å². The molecule has 0 bridgehead atoms. The van der Waals surface area contributed by atoms with E-state index in [0.29, 0.717) is 39.1 Å². The maximum atomic E-state index is 12.1. The molecule has 0 aromatic rings. The number of methoxy groups -OCH3 is 1. The van der Waals surface area contributed by atoms with E-state index in [4.69, 9.17) is 10.5 Å². The second kappa shape index (κ2) is 5.53. The fraction of sp³-hybridized carbons (Fsp3) is 0.818. The fourth-order valence-electron chi connectivity index (χ4n) is 2.42. The second-order valence-corrected chi connectivity index (χ2v) is 4.67. The Kier molecular flexibility index (Phi) is 4.03. The van der Waals surface area contributed by atoms with Crippen molar-refractivity contribution in [1.82, 2.24) is 15.1 Å². The van der Waals surface area contributed by atoms with Gasteiger partial charge in [0.2, 0.25) is 5.91 Å². The summed E-state index contributed by atoms with van der Waals surface area (Å²) in [5.74, 6) is 0.0475. The number of carbonyl (C=O) groups excluding carboxylic acids is 2. The summed E-state index contributed by atoms with van der Waals surface area (Å²) in [5, 5.41) is 2.79. The molecule has 2 saturated heterocycles. The minimum atomic E-state index is -0.223. The second-order valence-electron chi connectivity index (χ2n) is 4.67. The molecule has 2 atom stereocenters. The van der Waals surface area contributed by atoms with Gasteiger partial charge in [-0.1, -0.05) is 0 Å². The monoisotopic (exact) mass is 256 g/mol. The molecule has 2 heterocycles. The zero-order valence-corrected chi connectivity index (χ0v) is 10.6. The van der Waals surface area contributed by atoms with E-state index in [9.17, 15) is 9.59 Å². The van der Waals surface area contributed by atoms with Crippen molar-refractivity contribution in [2.24, 2.45) is 5.73 Å². The standard InChI is InChI=1S/C11H20N4O3/c1-18-9(5-12)4-10(16)14-2-3-15-8(7-14)6-13-11(15)17/h8-9H,2-7,12H2,1H3,(H,13,17). The van der Waals surface area contributed by atoms with Gasteiger partial charge in [-0.05, 0) is 0 Å². The van der Waals surface area contributed by atoms with Gasteiger partial charge in [-0.3, -0.25) is 4.79 Å². The Morgan fingerprint density at radius 2 is 2.39 bits per heavy atom. The molecule has 3 N–H and O–H groups in total. The van der Waals surface area contributed by atoms with Crippen LogP contribution in [0.3, 0.4) is 0 Å². The number of hydrogen-bond donors (Lipinski definition) is 2. The fourth-order valence-corrected chi connectivity index (χ4v) is 2.42. The van der Waals surface area contributed by atoms with Crippen LogP contribution in [0.5, 0.6) is 0 Å². The van der Waals surface area contributed by atoms with Gasteiger partial charge in [-0.15, -0.1) is 0 Å². The average Bonchev–Trinajstić information content (AvgIpc) is 2.77. The maximum absolute atomic E-state index is 12.1. The number of amides is 3. The third kappa shape index (κ3) is 2.56. The molecule has 2 unspecified atom stereocenters. The van der Waals surface area contributed by atoms with Gasteiger partial charge < -0.3 is 25.6 Å². The van der Waals surface area contributed by atoms with Gasteiger partial charge in [0.25, 0.3) is 0 Å². The molecule has 3 amide bonds. The highest BCUT2D eigenvalue weighted by Crippen LogP contribution is 2.15. The van der Waals surface area contributed by atoms with Crippen LogP contribution < -0.4 is 11.1 Å². The zero-order valence-electron chi connectivity index (χ0n) is 10.6. The van der Waals surface area contributed by atoms with Crippen molar-refractivity contribution in [2.75, 3.05) is 39.8 Å². The van der Waals surface area contributed by atoms with Crippen molar-refractivity contribution in [2.45, 2.75) is 18.6 Å². The largest absolute Gasteiger partial charge is 0.380 e. The van der Waals surface area contributed by atoms with Crippen LogP contribution in [0.15, 0.2) is 0 Å². The lowest BCUT2D eigenvalue weighted by molar-refractivity contribution is -0.135. The summed E-state index contributed by atoms with van der Waals surface area (Å²) in [6.45, 7) is 2.74. The Morgan fingerprint density at radius 3 is 3.06 bits per heavy atom. The molecule has 18 heavy (non-hydrogen) atoms. The van der Waals surface area contributed by atoms with E-state index in [-0.39, 0.29) is 24.1 Å². The van der Waals surface area contributed by atoms with Crippen molar-refractivity contribution in [3.8, 4) is 0 Å². The Morgan fingerprint density at radius 1 is 1.61 bits per heavy atom. The molecule has 0 radical (unpaired) electrons. The SMILES string of the molecule is COC(CN)CC(=O)N1CCN2C(=O)NCC2C1. The van der Waals surface area contributed by atoms with E-state index >= 15 is 0 Å². The van der Waals surface area contributed by atoms with Crippen LogP contribution in [0, 0.1) is 0 Å². The van der Waals surface area contributed by atoms with Crippen molar-refractivity contribution >= 4 is 11.9 Å². The molecule has 2 rings (SSSR count). The number of nitrogens with one attached hydrogen (secondary N) is 1. The van der Waals surface area contributed by atoms with Crippen molar-refractivity contribution < 1.29 is 14.3 Å². The Hall–Kier alpha value is -1.34. The molecule has 2 fully saturated rings. The van der Waals surface area contributed by atoms with Crippen LogP contribution in [-0.2, 0) is 9.53 Å². The average molecular weight is 256 g/mol. The molecular weight excluding hydrogens is 236 g/mol. The third-order valence-electron chi connectivity index (χ3n) is 3.58. The highest BCUT2D eigenvalue weighted by molar-refractivity contribution is 5.79. The van der Waals surface area contributed by atoms with E-state index in [0.717, 1.165) is 0 Å². The normalized spacial score (nSPS) is 24.8. The van der Waals surface area contributed by atoms with Gasteiger partial charge in [-0.25, -0.2) is 4.79 Å². The smallest absolute Gasteiger partial charge is 0.317 e. The number of ether oxygens (including phenoxy) is 1. The molecule has 2 aliphatic heterocycles. The minimum Gasteiger partial charge on any atom is -0.380 e. The molecule has 2 aliphatic rings. The van der Waals surface area contributed by atoms with Crippen LogP contribution >= 0.6 is 0 Å². The molecule has 0 aromatic heterocycles. The summed E-state index contributed by atoms with van der Waals surface area (Å²) in [4.78, 5) is 27.1. The minimum absolute atomic E-state index is 0.0242. The van der Waals surface area contributed by atoms with E-state index in [1.807, 2.05) is 0 Å².